The summed E-state index contributed by atoms with van der Waals surface area (Å²) in [4.78, 5) is 29.9. The van der Waals surface area contributed by atoms with Crippen LogP contribution in [0.2, 0.25) is 0 Å². The van der Waals surface area contributed by atoms with Gasteiger partial charge in [0.25, 0.3) is 11.8 Å². The highest BCUT2D eigenvalue weighted by Gasteiger charge is 2.45. The van der Waals surface area contributed by atoms with Crippen LogP contribution in [0.15, 0.2) is 56.0 Å². The van der Waals surface area contributed by atoms with E-state index in [0.29, 0.717) is 38.1 Å². The summed E-state index contributed by atoms with van der Waals surface area (Å²) in [5.41, 5.74) is 2.35. The molecule has 2 aromatic carbocycles. The number of hydrazine groups is 1. The maximum atomic E-state index is 14.0. The van der Waals surface area contributed by atoms with E-state index in [9.17, 15) is 9.59 Å². The topological polar surface area (TPSA) is 59.1 Å². The van der Waals surface area contributed by atoms with Gasteiger partial charge in [-0.1, -0.05) is 147 Å². The molecule has 4 rings (SSSR count). The predicted molar refractivity (Wildman–Crippen MR) is 201 cm³/mol. The van der Waals surface area contributed by atoms with E-state index >= 15 is 0 Å². The zero-order valence-electron chi connectivity index (χ0n) is 30.3. The van der Waals surface area contributed by atoms with Gasteiger partial charge in [-0.15, -0.1) is 0 Å². The Morgan fingerprint density at radius 1 is 0.667 bits per heavy atom. The van der Waals surface area contributed by atoms with Gasteiger partial charge in [0.2, 0.25) is 0 Å². The Hall–Kier alpha value is -2.58. The average molecular weight is 695 g/mol. The van der Waals surface area contributed by atoms with Gasteiger partial charge in [-0.2, -0.15) is 0 Å². The summed E-state index contributed by atoms with van der Waals surface area (Å²) in [6, 6.07) is 12.5. The lowest BCUT2D eigenvalue weighted by Crippen LogP contribution is -2.42. The second-order valence-electron chi connectivity index (χ2n) is 13.2. The Morgan fingerprint density at radius 3 is 1.71 bits per heavy atom. The van der Waals surface area contributed by atoms with E-state index < -0.39 is 0 Å². The van der Waals surface area contributed by atoms with Crippen molar-refractivity contribution in [3.63, 3.8) is 0 Å². The van der Waals surface area contributed by atoms with Crippen molar-refractivity contribution >= 4 is 35.3 Å². The van der Waals surface area contributed by atoms with E-state index in [2.05, 4.69) is 71.9 Å². The normalized spacial score (nSPS) is 15.8. The number of unbranched alkanes of at least 4 members (excludes halogenated alkanes) is 4. The Kier molecular flexibility index (Phi) is 15.6. The van der Waals surface area contributed by atoms with Gasteiger partial charge in [-0.25, -0.2) is 10.0 Å². The van der Waals surface area contributed by atoms with Crippen LogP contribution in [0, 0.1) is 11.8 Å². The maximum Gasteiger partial charge on any atom is 0.279 e. The van der Waals surface area contributed by atoms with Crippen LogP contribution < -0.4 is 9.47 Å². The monoisotopic (exact) mass is 694 g/mol. The SMILES string of the molecule is CCCCC(CC)COc1cc(-c2ccccc2)c(OCC(CC)CCCC)c2c1SC(=C1C(=O)N(CCCC)N(CCCC)C1=O)S2. The highest BCUT2D eigenvalue weighted by Crippen LogP contribution is 2.61. The molecule has 48 heavy (non-hydrogen) atoms. The van der Waals surface area contributed by atoms with Gasteiger partial charge < -0.3 is 9.47 Å². The lowest BCUT2D eigenvalue weighted by molar-refractivity contribution is -0.147. The largest absolute Gasteiger partial charge is 0.492 e. The van der Waals surface area contributed by atoms with Crippen LogP contribution in [-0.2, 0) is 9.59 Å². The fourth-order valence-electron chi connectivity index (χ4n) is 6.19. The number of amides is 2. The maximum absolute atomic E-state index is 14.0. The second kappa shape index (κ2) is 19.6. The number of hydrogen-bond donors (Lipinski definition) is 0. The standard InChI is InChI=1S/C40H58N2O4S2/c1-7-13-20-29(11-5)27-45-33-26-32(31-22-18-17-19-23-31)35(46-28-30(12-6)21-14-8-2)37-36(33)47-40(48-37)34-38(43)41(24-15-9-3)42(39(34)44)25-16-10-4/h17-19,22-23,26,29-30H,7-16,20-21,24-25,27-28H2,1-6H3. The fourth-order valence-corrected chi connectivity index (χ4v) is 8.89. The van der Waals surface area contributed by atoms with E-state index in [0.717, 1.165) is 88.0 Å². The highest BCUT2D eigenvalue weighted by molar-refractivity contribution is 8.25. The Morgan fingerprint density at radius 2 is 1.19 bits per heavy atom. The van der Waals surface area contributed by atoms with Crippen LogP contribution in [0.1, 0.15) is 119 Å². The molecule has 0 bridgehead atoms. The van der Waals surface area contributed by atoms with E-state index in [1.165, 1.54) is 49.2 Å². The summed E-state index contributed by atoms with van der Waals surface area (Å²) in [5, 5.41) is 3.38. The summed E-state index contributed by atoms with van der Waals surface area (Å²) in [6.45, 7) is 15.5. The quantitative estimate of drug-likeness (QED) is 0.0957. The number of hydrogen-bond acceptors (Lipinski definition) is 6. The first-order valence-electron chi connectivity index (χ1n) is 18.7. The molecule has 2 aromatic rings. The van der Waals surface area contributed by atoms with Crippen molar-refractivity contribution in [2.24, 2.45) is 11.8 Å². The van der Waals surface area contributed by atoms with Crippen molar-refractivity contribution in [1.82, 2.24) is 10.0 Å². The van der Waals surface area contributed by atoms with Gasteiger partial charge in [-0.05, 0) is 49.1 Å². The third kappa shape index (κ3) is 9.35. The number of ether oxygens (including phenoxy) is 2. The number of benzene rings is 2. The second-order valence-corrected chi connectivity index (χ2v) is 15.5. The van der Waals surface area contributed by atoms with E-state index in [1.807, 2.05) is 6.07 Å². The number of thioether (sulfide) groups is 2. The fraction of sp³-hybridized carbons (Fsp3) is 0.600. The molecule has 8 heteroatoms. The number of nitrogens with zero attached hydrogens (tertiary/aromatic N) is 2. The van der Waals surface area contributed by atoms with Crippen LogP contribution >= 0.6 is 23.5 Å². The molecule has 0 saturated carbocycles. The summed E-state index contributed by atoms with van der Waals surface area (Å²) < 4.78 is 14.3. The zero-order chi connectivity index (χ0) is 34.5. The van der Waals surface area contributed by atoms with Gasteiger partial charge >= 0.3 is 0 Å². The summed E-state index contributed by atoms with van der Waals surface area (Å²) in [7, 11) is 0. The van der Waals surface area contributed by atoms with Gasteiger partial charge in [0.15, 0.2) is 0 Å². The van der Waals surface area contributed by atoms with Crippen molar-refractivity contribution in [3.05, 3.63) is 46.2 Å². The van der Waals surface area contributed by atoms with Gasteiger partial charge in [-0.3, -0.25) is 9.59 Å². The number of fused-ring (bicyclic) bond motifs is 1. The molecule has 2 aliphatic heterocycles. The molecular weight excluding hydrogens is 637 g/mol. The average Bonchev–Trinajstić information content (AvgIpc) is 3.64. The lowest BCUT2D eigenvalue weighted by atomic mass is 10.00. The lowest BCUT2D eigenvalue weighted by Gasteiger charge is -2.27. The third-order valence-electron chi connectivity index (χ3n) is 9.49. The summed E-state index contributed by atoms with van der Waals surface area (Å²) in [6.07, 6.45) is 12.7. The molecule has 264 valence electrons. The molecule has 2 heterocycles. The molecule has 2 amide bonds. The molecule has 2 atom stereocenters. The molecular formula is C40H58N2O4S2. The molecule has 0 aliphatic carbocycles. The minimum Gasteiger partial charge on any atom is -0.492 e. The zero-order valence-corrected chi connectivity index (χ0v) is 31.9. The van der Waals surface area contributed by atoms with E-state index in [-0.39, 0.29) is 17.4 Å². The molecule has 0 N–H and O–H groups in total. The molecule has 6 nitrogen and oxygen atoms in total. The van der Waals surface area contributed by atoms with Gasteiger partial charge in [0.05, 0.1) is 27.2 Å². The van der Waals surface area contributed by atoms with Gasteiger partial charge in [0, 0.05) is 18.7 Å². The highest BCUT2D eigenvalue weighted by atomic mass is 32.2. The third-order valence-corrected chi connectivity index (χ3v) is 12.1. The smallest absolute Gasteiger partial charge is 0.279 e. The molecule has 0 spiro atoms. The van der Waals surface area contributed by atoms with E-state index in [1.54, 1.807) is 10.0 Å². The summed E-state index contributed by atoms with van der Waals surface area (Å²) >= 11 is 3.03. The molecule has 1 saturated heterocycles. The minimum absolute atomic E-state index is 0.184. The first-order valence-corrected chi connectivity index (χ1v) is 20.3. The first-order chi connectivity index (χ1) is 23.4. The molecule has 0 aromatic heterocycles. The van der Waals surface area contributed by atoms with E-state index in [4.69, 9.17) is 9.47 Å². The molecule has 0 radical (unpaired) electrons. The molecule has 1 fully saturated rings. The van der Waals surface area contributed by atoms with Crippen LogP contribution in [0.5, 0.6) is 11.5 Å². The Bertz CT molecular complexity index is 1350. The van der Waals surface area contributed by atoms with Crippen molar-refractivity contribution < 1.29 is 19.1 Å². The minimum atomic E-state index is -0.184. The number of carbonyl (C=O) groups excluding carboxylic acids is 2. The van der Waals surface area contributed by atoms with Crippen LogP contribution in [0.25, 0.3) is 11.1 Å². The van der Waals surface area contributed by atoms with Crippen molar-refractivity contribution in [2.45, 2.75) is 128 Å². The first kappa shape index (κ1) is 38.2. The molecule has 2 unspecified atom stereocenters. The van der Waals surface area contributed by atoms with Crippen LogP contribution in [-0.4, -0.2) is 48.1 Å². The van der Waals surface area contributed by atoms with Crippen molar-refractivity contribution in [1.29, 1.82) is 0 Å². The predicted octanol–water partition coefficient (Wildman–Crippen LogP) is 11.1. The summed E-state index contributed by atoms with van der Waals surface area (Å²) in [5.74, 6) is 2.19. The molecule has 2 aliphatic rings. The van der Waals surface area contributed by atoms with Crippen LogP contribution in [0.4, 0.5) is 0 Å². The van der Waals surface area contributed by atoms with Crippen molar-refractivity contribution in [3.8, 4) is 22.6 Å². The van der Waals surface area contributed by atoms with Crippen LogP contribution in [0.3, 0.4) is 0 Å². The van der Waals surface area contributed by atoms with Crippen molar-refractivity contribution in [2.75, 3.05) is 26.3 Å². The Balaban J connectivity index is 1.82. The van der Waals surface area contributed by atoms with Gasteiger partial charge in [0.1, 0.15) is 17.1 Å². The number of rotatable bonds is 21. The Labute approximate surface area is 298 Å². The number of carbonyl (C=O) groups is 2.